The summed E-state index contributed by atoms with van der Waals surface area (Å²) in [6.07, 6.45) is 0. The maximum Gasteiger partial charge on any atom is 0.302 e. The molecule has 0 heterocycles. The Bertz CT molecular complexity index is 1790. The third kappa shape index (κ3) is 2.55. The highest BCUT2D eigenvalue weighted by atomic mass is 32.2. The van der Waals surface area contributed by atoms with Gasteiger partial charge in [-0.25, -0.2) is 0 Å². The van der Waals surface area contributed by atoms with Crippen molar-refractivity contribution in [2.24, 2.45) is 0 Å². The SMILES string of the molecule is O=c1c(O)c(S(=O)(=O)O)c(=O)c2c(=O)c3c(O)c(O)c(S(=O)(=O)O)c(O)c3c(=O)c1=2. The van der Waals surface area contributed by atoms with Gasteiger partial charge in [0.05, 0.1) is 21.2 Å². The predicted octanol–water partition coefficient (Wildman–Crippen LogP) is -2.80. The highest BCUT2D eigenvalue weighted by molar-refractivity contribution is 7.86. The van der Waals surface area contributed by atoms with E-state index in [9.17, 15) is 56.4 Å². The molecule has 1 aromatic rings. The Hall–Kier alpha value is -3.60. The molecule has 0 aliphatic heterocycles. The zero-order valence-electron chi connectivity index (χ0n) is 13.8. The van der Waals surface area contributed by atoms with Crippen LogP contribution in [-0.2, 0) is 20.2 Å². The van der Waals surface area contributed by atoms with E-state index in [4.69, 9.17) is 9.11 Å². The maximum absolute atomic E-state index is 12.7. The second kappa shape index (κ2) is 5.95. The molecule has 2 aliphatic rings. The zero-order chi connectivity index (χ0) is 23.1. The van der Waals surface area contributed by atoms with E-state index in [1.807, 2.05) is 0 Å². The second-order valence-electron chi connectivity index (χ2n) is 5.82. The molecule has 0 radical (unpaired) electrons. The van der Waals surface area contributed by atoms with Crippen LogP contribution in [0.3, 0.4) is 0 Å². The van der Waals surface area contributed by atoms with E-state index in [0.29, 0.717) is 0 Å². The van der Waals surface area contributed by atoms with E-state index in [1.165, 1.54) is 0 Å². The van der Waals surface area contributed by atoms with E-state index in [1.54, 1.807) is 0 Å². The first-order valence-electron chi connectivity index (χ1n) is 7.15. The molecule has 0 unspecified atom stereocenters. The lowest BCUT2D eigenvalue weighted by Crippen LogP contribution is -2.32. The van der Waals surface area contributed by atoms with E-state index < -0.39 is 96.0 Å². The molecule has 0 fully saturated rings. The molecule has 2 aliphatic carbocycles. The molecule has 0 bridgehead atoms. The van der Waals surface area contributed by atoms with Crippen molar-refractivity contribution in [1.29, 1.82) is 0 Å². The van der Waals surface area contributed by atoms with Crippen LogP contribution in [0.4, 0.5) is 0 Å². The zero-order valence-corrected chi connectivity index (χ0v) is 15.4. The minimum absolute atomic E-state index is 1.40. The van der Waals surface area contributed by atoms with Gasteiger partial charge in [0.15, 0.2) is 32.8 Å². The fourth-order valence-electron chi connectivity index (χ4n) is 2.97. The quantitative estimate of drug-likeness (QED) is 0.128. The van der Waals surface area contributed by atoms with Gasteiger partial charge < -0.3 is 20.4 Å². The van der Waals surface area contributed by atoms with E-state index in [-0.39, 0.29) is 0 Å². The number of aromatic hydroxyl groups is 4. The van der Waals surface area contributed by atoms with Gasteiger partial charge in [-0.15, -0.1) is 0 Å². The van der Waals surface area contributed by atoms with Crippen LogP contribution in [0, 0.1) is 10.4 Å². The summed E-state index contributed by atoms with van der Waals surface area (Å²) in [6, 6.07) is 0. The molecule has 1 aromatic carbocycles. The molecule has 0 aromatic heterocycles. The molecule has 158 valence electrons. The van der Waals surface area contributed by atoms with Crippen molar-refractivity contribution in [3.05, 3.63) is 51.3 Å². The van der Waals surface area contributed by atoms with Crippen LogP contribution in [-0.4, -0.2) is 46.4 Å². The smallest absolute Gasteiger partial charge is 0.302 e. The van der Waals surface area contributed by atoms with Crippen molar-refractivity contribution < 1.29 is 46.4 Å². The van der Waals surface area contributed by atoms with Gasteiger partial charge in [0.25, 0.3) is 0 Å². The highest BCUT2D eigenvalue weighted by Gasteiger charge is 2.33. The normalized spacial score (nSPS) is 12.6. The van der Waals surface area contributed by atoms with Crippen LogP contribution < -0.4 is 21.7 Å². The van der Waals surface area contributed by atoms with Crippen LogP contribution in [0.2, 0.25) is 0 Å². The first-order chi connectivity index (χ1) is 13.5. The maximum atomic E-state index is 12.7. The average molecular weight is 462 g/mol. The number of phenols is 3. The molecule has 0 atom stereocenters. The van der Waals surface area contributed by atoms with Crippen LogP contribution in [0.15, 0.2) is 29.0 Å². The van der Waals surface area contributed by atoms with Crippen LogP contribution >= 0.6 is 0 Å². The van der Waals surface area contributed by atoms with E-state index in [2.05, 4.69) is 0 Å². The summed E-state index contributed by atoms with van der Waals surface area (Å²) < 4.78 is 63.5. The fourth-order valence-corrected chi connectivity index (χ4v) is 4.33. The number of hydrogen-bond acceptors (Lipinski definition) is 12. The summed E-state index contributed by atoms with van der Waals surface area (Å²) in [5.74, 6) is -7.24. The van der Waals surface area contributed by atoms with Crippen LogP contribution in [0.25, 0.3) is 10.8 Å². The van der Waals surface area contributed by atoms with Gasteiger partial charge in [0.2, 0.25) is 21.7 Å². The van der Waals surface area contributed by atoms with Crippen molar-refractivity contribution >= 4 is 31.0 Å². The van der Waals surface area contributed by atoms with E-state index in [0.717, 1.165) is 0 Å². The number of fused-ring (bicyclic) bond motifs is 1. The lowest BCUT2D eigenvalue weighted by atomic mass is 10.0. The lowest BCUT2D eigenvalue weighted by molar-refractivity contribution is 0.379. The summed E-state index contributed by atoms with van der Waals surface area (Å²) in [4.78, 5) is 46.2. The topological polar surface area (TPSA) is 258 Å². The monoisotopic (exact) mass is 462 g/mol. The standard InChI is InChI=1S/C14H6O14S2/c15-5-1-3(9(19)13(29(23,24)25)11(21)7(1)17)6(16)2-4(5)10(20)14(30(26,27)28)12(22)8(2)18/h17,19,21-22H,(H,23,24,25)(H,26,27,28). The van der Waals surface area contributed by atoms with Crippen LogP contribution in [0.5, 0.6) is 23.0 Å². The van der Waals surface area contributed by atoms with Crippen molar-refractivity contribution in [2.75, 3.05) is 0 Å². The van der Waals surface area contributed by atoms with Crippen molar-refractivity contribution in [2.45, 2.75) is 9.79 Å². The molecule has 30 heavy (non-hydrogen) atoms. The van der Waals surface area contributed by atoms with Gasteiger partial charge in [-0.3, -0.25) is 28.3 Å². The van der Waals surface area contributed by atoms with Gasteiger partial charge in [-0.2, -0.15) is 16.8 Å². The van der Waals surface area contributed by atoms with Crippen molar-refractivity contribution in [3.63, 3.8) is 0 Å². The lowest BCUT2D eigenvalue weighted by Gasteiger charge is -2.10. The second-order valence-corrected chi connectivity index (χ2v) is 8.54. The molecule has 0 saturated heterocycles. The third-order valence-electron chi connectivity index (χ3n) is 4.14. The van der Waals surface area contributed by atoms with Gasteiger partial charge in [0.1, 0.15) is 0 Å². The minimum atomic E-state index is -5.59. The predicted molar refractivity (Wildman–Crippen MR) is 93.0 cm³/mol. The Labute approximate surface area is 162 Å². The van der Waals surface area contributed by atoms with Crippen molar-refractivity contribution in [1.82, 2.24) is 0 Å². The Morgan fingerprint density at radius 3 is 1.30 bits per heavy atom. The van der Waals surface area contributed by atoms with Crippen LogP contribution in [0.1, 0.15) is 0 Å². The minimum Gasteiger partial charge on any atom is -0.506 e. The van der Waals surface area contributed by atoms with Crippen molar-refractivity contribution in [3.8, 4) is 23.0 Å². The molecule has 0 saturated carbocycles. The molecule has 14 nitrogen and oxygen atoms in total. The first kappa shape index (κ1) is 21.1. The molecule has 16 heteroatoms. The number of benzene rings is 1. The summed E-state index contributed by atoms with van der Waals surface area (Å²) in [5, 5.41) is 33.5. The van der Waals surface area contributed by atoms with Gasteiger partial charge >= 0.3 is 20.2 Å². The Morgan fingerprint density at radius 2 is 0.867 bits per heavy atom. The summed E-state index contributed by atoms with van der Waals surface area (Å²) in [6.45, 7) is 0. The Kier molecular flexibility index (Phi) is 4.19. The summed E-state index contributed by atoms with van der Waals surface area (Å²) in [5.41, 5.74) is -7.65. The van der Waals surface area contributed by atoms with Gasteiger partial charge in [0, 0.05) is 0 Å². The molecular formula is C14H6O14S2. The molecule has 3 rings (SSSR count). The van der Waals surface area contributed by atoms with Gasteiger partial charge in [-0.1, -0.05) is 0 Å². The molecule has 6 N–H and O–H groups in total. The Morgan fingerprint density at radius 1 is 0.467 bits per heavy atom. The fraction of sp³-hybridized carbons (Fsp3) is 0. The number of hydrogen-bond donors (Lipinski definition) is 6. The molecule has 0 spiro atoms. The van der Waals surface area contributed by atoms with Gasteiger partial charge in [-0.05, 0) is 0 Å². The summed E-state index contributed by atoms with van der Waals surface area (Å²) in [7, 11) is -11.1. The molecular weight excluding hydrogens is 456 g/mol. The largest absolute Gasteiger partial charge is 0.506 e. The average Bonchev–Trinajstić information content (AvgIpc) is 2.56. The third-order valence-corrected chi connectivity index (χ3v) is 5.94. The number of rotatable bonds is 2. The van der Waals surface area contributed by atoms with E-state index >= 15 is 0 Å². The first-order valence-corrected chi connectivity index (χ1v) is 10.0. The summed E-state index contributed by atoms with van der Waals surface area (Å²) >= 11 is 0. The highest BCUT2D eigenvalue weighted by Crippen LogP contribution is 2.43. The molecule has 0 amide bonds. The number of phenolic OH excluding ortho intramolecular Hbond substituents is 3. The Balaban J connectivity index is 2.99.